The third-order valence-electron chi connectivity index (χ3n) is 9.58. The molecule has 43 heavy (non-hydrogen) atoms. The molecule has 4 aliphatic rings. The van der Waals surface area contributed by atoms with Gasteiger partial charge in [-0.2, -0.15) is 9.97 Å². The van der Waals surface area contributed by atoms with E-state index < -0.39 is 35.9 Å². The van der Waals surface area contributed by atoms with Crippen LogP contribution in [0.3, 0.4) is 0 Å². The fourth-order valence-corrected chi connectivity index (χ4v) is 7.63. The molecule has 1 N–H and O–H groups in total. The first-order chi connectivity index (χ1) is 20.7. The number of nitrogens with zero attached hydrogens (tertiary/aromatic N) is 5. The molecule has 8 nitrogen and oxygen atoms in total. The summed E-state index contributed by atoms with van der Waals surface area (Å²) in [7, 11) is 0. The standard InChI is InChI=1S/C31H33F4N5O3/c1-2-20-21(33)7-6-17-11-19(41)12-24(25(17)20)40-15-22-26(29(40)42)28(39-10-3-5-23(39)27(34)35)37-30(36-22)43-16-31-8-4-9-38(31)14-18(32)13-31/h6-7,11-12,18,23,27,41H,2-5,8-10,13-16H2,1H3/t18-,23-,31+/m1/s1. The fourth-order valence-electron chi connectivity index (χ4n) is 7.63. The van der Waals surface area contributed by atoms with Crippen molar-refractivity contribution in [2.24, 2.45) is 0 Å². The lowest BCUT2D eigenvalue weighted by molar-refractivity contribution is 0.0992. The van der Waals surface area contributed by atoms with Crippen LogP contribution in [0.5, 0.6) is 11.8 Å². The first kappa shape index (κ1) is 28.1. The van der Waals surface area contributed by atoms with Crippen LogP contribution in [0.15, 0.2) is 24.3 Å². The summed E-state index contributed by atoms with van der Waals surface area (Å²) in [6, 6.07) is 4.63. The van der Waals surface area contributed by atoms with Crippen molar-refractivity contribution in [1.82, 2.24) is 14.9 Å². The Morgan fingerprint density at radius 2 is 2.02 bits per heavy atom. The molecule has 0 radical (unpaired) electrons. The molecule has 3 saturated heterocycles. The monoisotopic (exact) mass is 599 g/mol. The van der Waals surface area contributed by atoms with E-state index in [4.69, 9.17) is 4.74 Å². The summed E-state index contributed by atoms with van der Waals surface area (Å²) in [5, 5.41) is 11.6. The van der Waals surface area contributed by atoms with Crippen LogP contribution in [0.4, 0.5) is 29.1 Å². The Balaban J connectivity index is 1.31. The Bertz CT molecular complexity index is 1610. The molecule has 0 bridgehead atoms. The molecular formula is C31H33F4N5O3. The number of ether oxygens (including phenoxy) is 1. The molecule has 228 valence electrons. The second kappa shape index (κ2) is 10.5. The number of halogens is 4. The predicted octanol–water partition coefficient (Wildman–Crippen LogP) is 5.39. The zero-order valence-electron chi connectivity index (χ0n) is 23.8. The number of alkyl halides is 3. The predicted molar refractivity (Wildman–Crippen MR) is 152 cm³/mol. The minimum absolute atomic E-state index is 0.0464. The highest BCUT2D eigenvalue weighted by atomic mass is 19.3. The maximum atomic E-state index is 14.9. The quantitative estimate of drug-likeness (QED) is 0.365. The topological polar surface area (TPSA) is 82.0 Å². The highest BCUT2D eigenvalue weighted by molar-refractivity contribution is 6.16. The summed E-state index contributed by atoms with van der Waals surface area (Å²) in [6.45, 7) is 3.33. The van der Waals surface area contributed by atoms with Gasteiger partial charge < -0.3 is 19.6 Å². The zero-order valence-corrected chi connectivity index (χ0v) is 23.8. The van der Waals surface area contributed by atoms with Crippen LogP contribution in [-0.2, 0) is 13.0 Å². The van der Waals surface area contributed by atoms with E-state index in [9.17, 15) is 27.5 Å². The molecule has 2 aromatic carbocycles. The highest BCUT2D eigenvalue weighted by Gasteiger charge is 2.50. The lowest BCUT2D eigenvalue weighted by Gasteiger charge is -2.31. The summed E-state index contributed by atoms with van der Waals surface area (Å²) >= 11 is 0. The molecule has 3 atom stereocenters. The minimum atomic E-state index is -2.65. The number of carbonyl (C=O) groups excluding carboxylic acids is 1. The van der Waals surface area contributed by atoms with Gasteiger partial charge in [0.2, 0.25) is 0 Å². The van der Waals surface area contributed by atoms with Crippen molar-refractivity contribution in [3.05, 3.63) is 46.9 Å². The average Bonchev–Trinajstić information content (AvgIpc) is 3.74. The van der Waals surface area contributed by atoms with Crippen LogP contribution in [0.2, 0.25) is 0 Å². The first-order valence-electron chi connectivity index (χ1n) is 14.9. The molecule has 3 fully saturated rings. The summed E-state index contributed by atoms with van der Waals surface area (Å²) in [4.78, 5) is 28.2. The summed E-state index contributed by atoms with van der Waals surface area (Å²) in [5.41, 5.74) is 0.619. The molecule has 0 aliphatic carbocycles. The molecular weight excluding hydrogens is 566 g/mol. The van der Waals surface area contributed by atoms with Crippen LogP contribution < -0.4 is 14.5 Å². The number of aromatic hydroxyl groups is 1. The van der Waals surface area contributed by atoms with Gasteiger partial charge in [-0.05, 0) is 61.7 Å². The third-order valence-corrected chi connectivity index (χ3v) is 9.58. The van der Waals surface area contributed by atoms with Gasteiger partial charge >= 0.3 is 6.01 Å². The highest BCUT2D eigenvalue weighted by Crippen LogP contribution is 2.43. The van der Waals surface area contributed by atoms with Crippen LogP contribution in [0, 0.1) is 5.82 Å². The zero-order chi connectivity index (χ0) is 30.0. The maximum Gasteiger partial charge on any atom is 0.318 e. The van der Waals surface area contributed by atoms with E-state index in [2.05, 4.69) is 14.9 Å². The molecule has 0 saturated carbocycles. The molecule has 4 aliphatic heterocycles. The van der Waals surface area contributed by atoms with Crippen molar-refractivity contribution in [3.8, 4) is 11.8 Å². The maximum absolute atomic E-state index is 14.9. The van der Waals surface area contributed by atoms with E-state index >= 15 is 0 Å². The Labute approximate surface area is 246 Å². The number of anilines is 2. The van der Waals surface area contributed by atoms with Gasteiger partial charge in [0.25, 0.3) is 12.3 Å². The van der Waals surface area contributed by atoms with Gasteiger partial charge in [-0.1, -0.05) is 13.0 Å². The third kappa shape index (κ3) is 4.56. The Morgan fingerprint density at radius 3 is 2.81 bits per heavy atom. The van der Waals surface area contributed by atoms with E-state index in [1.165, 1.54) is 28.0 Å². The molecule has 5 heterocycles. The minimum Gasteiger partial charge on any atom is -0.508 e. The number of fused-ring (bicyclic) bond motifs is 3. The van der Waals surface area contributed by atoms with Gasteiger partial charge in [0.05, 0.1) is 29.5 Å². The molecule has 3 aromatic rings. The smallest absolute Gasteiger partial charge is 0.318 e. The lowest BCUT2D eigenvalue weighted by atomic mass is 9.95. The van der Waals surface area contributed by atoms with Gasteiger partial charge in [0.1, 0.15) is 35.7 Å². The number of aryl methyl sites for hydroxylation is 1. The number of phenolic OH excluding ortho intramolecular Hbond substituents is 1. The van der Waals surface area contributed by atoms with Gasteiger partial charge in [-0.3, -0.25) is 9.69 Å². The average molecular weight is 600 g/mol. The number of hydrogen-bond donors (Lipinski definition) is 1. The molecule has 0 unspecified atom stereocenters. The Kier molecular flexibility index (Phi) is 6.87. The molecule has 0 spiro atoms. The number of benzene rings is 2. The number of carbonyl (C=O) groups is 1. The second-order valence-corrected chi connectivity index (χ2v) is 12.1. The van der Waals surface area contributed by atoms with Crippen molar-refractivity contribution < 1.29 is 32.2 Å². The van der Waals surface area contributed by atoms with E-state index in [0.717, 1.165) is 19.4 Å². The fraction of sp³-hybridized carbons (Fsp3) is 0.516. The van der Waals surface area contributed by atoms with Crippen molar-refractivity contribution in [2.45, 2.75) is 76.2 Å². The number of aromatic nitrogens is 2. The van der Waals surface area contributed by atoms with Crippen molar-refractivity contribution in [2.75, 3.05) is 36.0 Å². The van der Waals surface area contributed by atoms with E-state index in [1.54, 1.807) is 13.0 Å². The molecule has 1 amide bonds. The van der Waals surface area contributed by atoms with Crippen molar-refractivity contribution >= 4 is 28.2 Å². The van der Waals surface area contributed by atoms with Gasteiger partial charge in [0, 0.05) is 31.0 Å². The molecule has 12 heteroatoms. The number of amides is 1. The van der Waals surface area contributed by atoms with Crippen LogP contribution in [0.1, 0.15) is 60.6 Å². The lowest BCUT2D eigenvalue weighted by Crippen LogP contribution is -2.43. The normalized spacial score (nSPS) is 25.4. The summed E-state index contributed by atoms with van der Waals surface area (Å²) in [5.74, 6) is -0.971. The van der Waals surface area contributed by atoms with Crippen LogP contribution in [0.25, 0.3) is 10.8 Å². The summed E-state index contributed by atoms with van der Waals surface area (Å²) in [6.07, 6.45) is -0.446. The molecule has 1 aromatic heterocycles. The summed E-state index contributed by atoms with van der Waals surface area (Å²) < 4.78 is 63.6. The van der Waals surface area contributed by atoms with Gasteiger partial charge in [-0.25, -0.2) is 17.6 Å². The van der Waals surface area contributed by atoms with Crippen LogP contribution >= 0.6 is 0 Å². The Hall–Kier alpha value is -3.67. The Morgan fingerprint density at radius 1 is 1.19 bits per heavy atom. The number of phenols is 1. The van der Waals surface area contributed by atoms with Crippen molar-refractivity contribution in [1.29, 1.82) is 0 Å². The van der Waals surface area contributed by atoms with Gasteiger partial charge in [-0.15, -0.1) is 0 Å². The molecule has 7 rings (SSSR count). The SMILES string of the molecule is CCc1c(F)ccc2cc(O)cc(N3Cc4nc(OC[C@@]56CCCN5C[C@H](F)C6)nc(N5CCC[C@@H]5C(F)F)c4C3=O)c12. The van der Waals surface area contributed by atoms with Crippen molar-refractivity contribution in [3.63, 3.8) is 0 Å². The largest absolute Gasteiger partial charge is 0.508 e. The van der Waals surface area contributed by atoms with E-state index in [-0.39, 0.29) is 49.3 Å². The van der Waals surface area contributed by atoms with Gasteiger partial charge in [0.15, 0.2) is 0 Å². The number of rotatable bonds is 7. The van der Waals surface area contributed by atoms with E-state index in [1.807, 2.05) is 0 Å². The van der Waals surface area contributed by atoms with Crippen LogP contribution in [-0.4, -0.2) is 76.3 Å². The number of hydrogen-bond acceptors (Lipinski definition) is 7. The first-order valence-corrected chi connectivity index (χ1v) is 14.9. The second-order valence-electron chi connectivity index (χ2n) is 12.1. The van der Waals surface area contributed by atoms with E-state index in [0.29, 0.717) is 53.5 Å².